The number of carbonyl (C=O) groups is 1. The summed E-state index contributed by atoms with van der Waals surface area (Å²) in [5.74, 6) is -0.00775. The highest BCUT2D eigenvalue weighted by molar-refractivity contribution is 6.07. The minimum absolute atomic E-state index is 0.0419. The van der Waals surface area contributed by atoms with Crippen molar-refractivity contribution in [2.75, 3.05) is 6.61 Å². The van der Waals surface area contributed by atoms with Crippen LogP contribution in [0, 0.1) is 0 Å². The van der Waals surface area contributed by atoms with E-state index in [4.69, 9.17) is 4.74 Å². The number of benzene rings is 2. The average Bonchev–Trinajstić information content (AvgIpc) is 3.23. The number of ether oxygens (including phenoxy) is 2. The van der Waals surface area contributed by atoms with Gasteiger partial charge in [0.15, 0.2) is 17.3 Å². The molecule has 6 heteroatoms. The van der Waals surface area contributed by atoms with Crippen molar-refractivity contribution in [3.8, 4) is 17.2 Å². The molecule has 0 fully saturated rings. The SMILES string of the molecule is CCOc1cc(/C=C/C(=O)c2cccc(-n3cccc3)c2)ccc1OC(F)F. The summed E-state index contributed by atoms with van der Waals surface area (Å²) in [5.41, 5.74) is 2.07. The Balaban J connectivity index is 1.78. The van der Waals surface area contributed by atoms with Crippen LogP contribution in [0.25, 0.3) is 11.8 Å². The fraction of sp³-hybridized carbons (Fsp3) is 0.136. The number of halogens is 2. The first-order valence-corrected chi connectivity index (χ1v) is 8.74. The van der Waals surface area contributed by atoms with Gasteiger partial charge in [-0.15, -0.1) is 0 Å². The first-order valence-electron chi connectivity index (χ1n) is 8.74. The fourth-order valence-corrected chi connectivity index (χ4v) is 2.68. The van der Waals surface area contributed by atoms with Crippen molar-refractivity contribution >= 4 is 11.9 Å². The number of hydrogen-bond acceptors (Lipinski definition) is 3. The van der Waals surface area contributed by atoms with Gasteiger partial charge in [0.25, 0.3) is 0 Å². The third-order valence-corrected chi connectivity index (χ3v) is 3.94. The van der Waals surface area contributed by atoms with Crippen molar-refractivity contribution in [3.63, 3.8) is 0 Å². The van der Waals surface area contributed by atoms with E-state index in [1.165, 1.54) is 12.1 Å². The smallest absolute Gasteiger partial charge is 0.387 e. The van der Waals surface area contributed by atoms with Crippen LogP contribution in [0.1, 0.15) is 22.8 Å². The molecule has 3 rings (SSSR count). The third kappa shape index (κ3) is 4.85. The summed E-state index contributed by atoms with van der Waals surface area (Å²) in [5, 5.41) is 0. The topological polar surface area (TPSA) is 40.5 Å². The molecule has 0 saturated carbocycles. The van der Waals surface area contributed by atoms with Gasteiger partial charge in [-0.25, -0.2) is 0 Å². The molecule has 0 unspecified atom stereocenters. The first-order chi connectivity index (χ1) is 13.6. The summed E-state index contributed by atoms with van der Waals surface area (Å²) in [4.78, 5) is 12.5. The molecule has 0 spiro atoms. The second-order valence-corrected chi connectivity index (χ2v) is 5.86. The van der Waals surface area contributed by atoms with Gasteiger partial charge >= 0.3 is 6.61 Å². The normalized spacial score (nSPS) is 11.1. The van der Waals surface area contributed by atoms with Crippen molar-refractivity contribution in [1.29, 1.82) is 0 Å². The molecule has 4 nitrogen and oxygen atoms in total. The minimum atomic E-state index is -2.94. The summed E-state index contributed by atoms with van der Waals surface area (Å²) < 4.78 is 36.7. The molecular formula is C22H19F2NO3. The number of aromatic nitrogens is 1. The van der Waals surface area contributed by atoms with Crippen molar-refractivity contribution in [1.82, 2.24) is 4.57 Å². The van der Waals surface area contributed by atoms with Crippen molar-refractivity contribution in [2.45, 2.75) is 13.5 Å². The van der Waals surface area contributed by atoms with Crippen LogP contribution in [0.4, 0.5) is 8.78 Å². The Labute approximate surface area is 161 Å². The van der Waals surface area contributed by atoms with Crippen LogP contribution in [0.3, 0.4) is 0 Å². The zero-order valence-electron chi connectivity index (χ0n) is 15.2. The highest BCUT2D eigenvalue weighted by Crippen LogP contribution is 2.30. The highest BCUT2D eigenvalue weighted by atomic mass is 19.3. The van der Waals surface area contributed by atoms with E-state index in [-0.39, 0.29) is 17.3 Å². The van der Waals surface area contributed by atoms with Crippen LogP contribution in [-0.4, -0.2) is 23.6 Å². The molecule has 28 heavy (non-hydrogen) atoms. The number of allylic oxidation sites excluding steroid dienone is 1. The molecule has 144 valence electrons. The molecule has 0 saturated heterocycles. The zero-order valence-corrected chi connectivity index (χ0v) is 15.2. The van der Waals surface area contributed by atoms with Gasteiger partial charge in [0.1, 0.15) is 0 Å². The van der Waals surface area contributed by atoms with Crippen LogP contribution in [0.5, 0.6) is 11.5 Å². The Morgan fingerprint density at radius 2 is 1.86 bits per heavy atom. The van der Waals surface area contributed by atoms with E-state index >= 15 is 0 Å². The molecule has 0 bridgehead atoms. The van der Waals surface area contributed by atoms with E-state index in [9.17, 15) is 13.6 Å². The molecule has 0 aliphatic rings. The standard InChI is InChI=1S/C22H19F2NO3/c1-2-27-21-14-16(9-11-20(21)28-22(23)24)8-10-19(26)17-6-5-7-18(15-17)25-12-3-4-13-25/h3-15,22H,2H2,1H3/b10-8+. The maximum Gasteiger partial charge on any atom is 0.387 e. The molecule has 1 aromatic heterocycles. The van der Waals surface area contributed by atoms with Gasteiger partial charge in [-0.1, -0.05) is 24.3 Å². The lowest BCUT2D eigenvalue weighted by atomic mass is 10.1. The molecular weight excluding hydrogens is 364 g/mol. The highest BCUT2D eigenvalue weighted by Gasteiger charge is 2.11. The van der Waals surface area contributed by atoms with Crippen LogP contribution >= 0.6 is 0 Å². The molecule has 0 aliphatic carbocycles. The Hall–Kier alpha value is -3.41. The van der Waals surface area contributed by atoms with Crippen LogP contribution < -0.4 is 9.47 Å². The molecule has 2 aromatic carbocycles. The fourth-order valence-electron chi connectivity index (χ4n) is 2.68. The molecule has 0 N–H and O–H groups in total. The van der Waals surface area contributed by atoms with Crippen molar-refractivity contribution in [3.05, 3.63) is 84.2 Å². The van der Waals surface area contributed by atoms with Crippen molar-refractivity contribution in [2.24, 2.45) is 0 Å². The molecule has 0 amide bonds. The van der Waals surface area contributed by atoms with E-state index in [1.807, 2.05) is 41.2 Å². The molecule has 0 atom stereocenters. The molecule has 0 aliphatic heterocycles. The first kappa shape index (κ1) is 19.4. The lowest BCUT2D eigenvalue weighted by Gasteiger charge is -2.11. The Morgan fingerprint density at radius 3 is 2.57 bits per heavy atom. The summed E-state index contributed by atoms with van der Waals surface area (Å²) in [6, 6.07) is 15.6. The van der Waals surface area contributed by atoms with Gasteiger partial charge in [-0.3, -0.25) is 4.79 Å². The number of carbonyl (C=O) groups excluding carboxylic acids is 1. The van der Waals surface area contributed by atoms with Gasteiger partial charge in [0, 0.05) is 23.6 Å². The largest absolute Gasteiger partial charge is 0.490 e. The van der Waals surface area contributed by atoms with E-state index in [2.05, 4.69) is 4.74 Å². The zero-order chi connectivity index (χ0) is 19.9. The maximum atomic E-state index is 12.5. The van der Waals surface area contributed by atoms with E-state index in [1.54, 1.807) is 37.3 Å². The quantitative estimate of drug-likeness (QED) is 0.388. The number of hydrogen-bond donors (Lipinski definition) is 0. The summed E-state index contributed by atoms with van der Waals surface area (Å²) in [7, 11) is 0. The van der Waals surface area contributed by atoms with E-state index in [0.717, 1.165) is 5.69 Å². The predicted octanol–water partition coefficient (Wildman–Crippen LogP) is 5.37. The summed E-state index contributed by atoms with van der Waals surface area (Å²) in [6.07, 6.45) is 6.85. The molecule has 1 heterocycles. The molecule has 0 radical (unpaired) electrons. The Morgan fingerprint density at radius 1 is 1.07 bits per heavy atom. The van der Waals surface area contributed by atoms with Gasteiger partial charge in [-0.2, -0.15) is 8.78 Å². The third-order valence-electron chi connectivity index (χ3n) is 3.94. The number of ketones is 1. The number of nitrogens with zero attached hydrogens (tertiary/aromatic N) is 1. The Bertz CT molecular complexity index is 966. The van der Waals surface area contributed by atoms with Gasteiger partial charge in [0.05, 0.1) is 6.61 Å². The minimum Gasteiger partial charge on any atom is -0.490 e. The summed E-state index contributed by atoms with van der Waals surface area (Å²) in [6.45, 7) is -0.886. The number of alkyl halides is 2. The maximum absolute atomic E-state index is 12.5. The van der Waals surface area contributed by atoms with Crippen LogP contribution in [-0.2, 0) is 0 Å². The molecule has 3 aromatic rings. The predicted molar refractivity (Wildman–Crippen MR) is 103 cm³/mol. The second-order valence-electron chi connectivity index (χ2n) is 5.86. The number of rotatable bonds is 8. The van der Waals surface area contributed by atoms with Crippen molar-refractivity contribution < 1.29 is 23.0 Å². The van der Waals surface area contributed by atoms with Crippen LogP contribution in [0.2, 0.25) is 0 Å². The van der Waals surface area contributed by atoms with E-state index in [0.29, 0.717) is 17.7 Å². The van der Waals surface area contributed by atoms with Crippen LogP contribution in [0.15, 0.2) is 73.1 Å². The van der Waals surface area contributed by atoms with Gasteiger partial charge < -0.3 is 14.0 Å². The summed E-state index contributed by atoms with van der Waals surface area (Å²) >= 11 is 0. The van der Waals surface area contributed by atoms with Gasteiger partial charge in [-0.05, 0) is 55.0 Å². The lowest BCUT2D eigenvalue weighted by Crippen LogP contribution is -2.04. The monoisotopic (exact) mass is 383 g/mol. The van der Waals surface area contributed by atoms with Gasteiger partial charge in [0.2, 0.25) is 0 Å². The van der Waals surface area contributed by atoms with E-state index < -0.39 is 6.61 Å². The lowest BCUT2D eigenvalue weighted by molar-refractivity contribution is -0.0514. The Kier molecular flexibility index (Phi) is 6.22. The second kappa shape index (κ2) is 8.99. The average molecular weight is 383 g/mol.